The molecule has 2 saturated carbocycles. The number of halogens is 1. The van der Waals surface area contributed by atoms with Crippen LogP contribution in [0.5, 0.6) is 5.75 Å². The average molecular weight is 507 g/mol. The van der Waals surface area contributed by atoms with Gasteiger partial charge in [-0.3, -0.25) is 19.4 Å². The number of imide groups is 1. The summed E-state index contributed by atoms with van der Waals surface area (Å²) in [6.07, 6.45) is 6.49. The van der Waals surface area contributed by atoms with Crippen LogP contribution >= 0.6 is 12.4 Å². The van der Waals surface area contributed by atoms with E-state index in [1.807, 2.05) is 6.07 Å². The summed E-state index contributed by atoms with van der Waals surface area (Å²) in [7, 11) is 0. The van der Waals surface area contributed by atoms with Gasteiger partial charge >= 0.3 is 0 Å². The summed E-state index contributed by atoms with van der Waals surface area (Å²) in [5, 5.41) is 14.0. The molecule has 4 fully saturated rings. The van der Waals surface area contributed by atoms with E-state index in [-0.39, 0.29) is 36.7 Å². The van der Waals surface area contributed by atoms with Gasteiger partial charge in [-0.1, -0.05) is 19.1 Å². The number of β-amino-alcohol motifs (C(OH)–C–C–N with tert-alkyl or cyclic N) is 1. The van der Waals surface area contributed by atoms with Gasteiger partial charge in [0.2, 0.25) is 11.8 Å². The molecule has 3 atom stereocenters. The molecule has 0 aromatic heterocycles. The number of hydrogen-bond donors (Lipinski definition) is 2. The van der Waals surface area contributed by atoms with Crippen molar-refractivity contribution in [2.45, 2.75) is 69.7 Å². The summed E-state index contributed by atoms with van der Waals surface area (Å²) in [4.78, 5) is 31.2. The number of aliphatic hydroxyl groups is 1. The summed E-state index contributed by atoms with van der Waals surface area (Å²) in [5.41, 5.74) is 1.14. The first kappa shape index (κ1) is 26.2. The molecule has 2 amide bonds. The van der Waals surface area contributed by atoms with Crippen LogP contribution in [0.25, 0.3) is 0 Å². The predicted octanol–water partition coefficient (Wildman–Crippen LogP) is 2.04. The minimum Gasteiger partial charge on any atom is -0.488 e. The number of nitrogens with zero attached hydrogens (tertiary/aromatic N) is 3. The van der Waals surface area contributed by atoms with Crippen molar-refractivity contribution >= 4 is 29.9 Å². The molecule has 1 aromatic rings. The highest BCUT2D eigenvalue weighted by molar-refractivity contribution is 6.07. The molecule has 1 aromatic carbocycles. The van der Waals surface area contributed by atoms with Gasteiger partial charge in [0.05, 0.1) is 36.4 Å². The fraction of sp³-hybridized carbons (Fsp3) is 0.692. The molecule has 0 radical (unpaired) electrons. The zero-order chi connectivity index (χ0) is 23.7. The molecule has 2 aliphatic carbocycles. The standard InChI is InChI=1S/C26H38N4O4.ClH/c1-18-24(27-19-10-11-19)26(33)30(25(18)32)17-20(31)16-28-12-14-29(15-13-28)22-8-4-5-9-23(22)34-21-6-2-3-7-21;/h4-5,8-9,18-21,24,27,31H,2-3,6-7,10-17H2,1H3;1H. The number of anilines is 1. The molecular formula is C26H39ClN4O4. The summed E-state index contributed by atoms with van der Waals surface area (Å²) in [6, 6.07) is 8.21. The Morgan fingerprint density at radius 3 is 2.37 bits per heavy atom. The van der Waals surface area contributed by atoms with E-state index in [1.165, 1.54) is 17.7 Å². The number of rotatable bonds is 9. The molecule has 2 heterocycles. The number of nitrogens with one attached hydrogen (secondary N) is 1. The van der Waals surface area contributed by atoms with Crippen molar-refractivity contribution in [1.82, 2.24) is 15.1 Å². The van der Waals surface area contributed by atoms with Gasteiger partial charge in [0.1, 0.15) is 5.75 Å². The topological polar surface area (TPSA) is 85.4 Å². The van der Waals surface area contributed by atoms with Gasteiger partial charge in [0.25, 0.3) is 0 Å². The maximum atomic E-state index is 12.8. The Kier molecular flexibility index (Phi) is 8.58. The number of carbonyl (C=O) groups excluding carboxylic acids is 2. The van der Waals surface area contributed by atoms with E-state index in [2.05, 4.69) is 33.3 Å². The van der Waals surface area contributed by atoms with Gasteiger partial charge in [0.15, 0.2) is 0 Å². The highest BCUT2D eigenvalue weighted by atomic mass is 35.5. The summed E-state index contributed by atoms with van der Waals surface area (Å²) < 4.78 is 6.32. The van der Waals surface area contributed by atoms with Gasteiger partial charge in [-0.15, -0.1) is 12.4 Å². The van der Waals surface area contributed by atoms with Crippen LogP contribution in [0.2, 0.25) is 0 Å². The number of para-hydroxylation sites is 2. The first-order valence-corrected chi connectivity index (χ1v) is 13.0. The molecule has 0 spiro atoms. The monoisotopic (exact) mass is 506 g/mol. The number of aliphatic hydroxyl groups excluding tert-OH is 1. The minimum absolute atomic E-state index is 0. The minimum atomic E-state index is -0.746. The fourth-order valence-electron chi connectivity index (χ4n) is 5.52. The Bertz CT molecular complexity index is 884. The van der Waals surface area contributed by atoms with Crippen molar-refractivity contribution in [2.24, 2.45) is 5.92 Å². The van der Waals surface area contributed by atoms with Gasteiger partial charge < -0.3 is 20.1 Å². The van der Waals surface area contributed by atoms with Crippen LogP contribution in [-0.4, -0.2) is 90.3 Å². The summed E-state index contributed by atoms with van der Waals surface area (Å²) in [6.45, 7) is 5.68. The molecule has 9 heteroatoms. The zero-order valence-electron chi connectivity index (χ0n) is 20.6. The summed E-state index contributed by atoms with van der Waals surface area (Å²) in [5.74, 6) is 0.241. The van der Waals surface area contributed by atoms with E-state index in [0.717, 1.165) is 63.3 Å². The van der Waals surface area contributed by atoms with Crippen LogP contribution in [0, 0.1) is 5.92 Å². The summed E-state index contributed by atoms with van der Waals surface area (Å²) >= 11 is 0. The molecular weight excluding hydrogens is 468 g/mol. The molecule has 5 rings (SSSR count). The number of hydrogen-bond acceptors (Lipinski definition) is 7. The first-order chi connectivity index (χ1) is 16.5. The average Bonchev–Trinajstić information content (AvgIpc) is 3.48. The second kappa shape index (κ2) is 11.5. The molecule has 8 nitrogen and oxygen atoms in total. The normalized spacial score (nSPS) is 26.8. The van der Waals surface area contributed by atoms with Crippen LogP contribution in [0.1, 0.15) is 45.4 Å². The van der Waals surface area contributed by atoms with E-state index in [4.69, 9.17) is 4.74 Å². The highest BCUT2D eigenvalue weighted by Gasteiger charge is 2.47. The van der Waals surface area contributed by atoms with Crippen molar-refractivity contribution in [3.05, 3.63) is 24.3 Å². The number of ether oxygens (including phenoxy) is 1. The maximum Gasteiger partial charge on any atom is 0.247 e. The van der Waals surface area contributed by atoms with Crippen molar-refractivity contribution in [1.29, 1.82) is 0 Å². The van der Waals surface area contributed by atoms with Crippen LogP contribution < -0.4 is 15.0 Å². The Hall–Kier alpha value is -1.87. The maximum absolute atomic E-state index is 12.8. The van der Waals surface area contributed by atoms with E-state index >= 15 is 0 Å². The van der Waals surface area contributed by atoms with Crippen LogP contribution in [-0.2, 0) is 9.59 Å². The van der Waals surface area contributed by atoms with Crippen molar-refractivity contribution < 1.29 is 19.4 Å². The van der Waals surface area contributed by atoms with E-state index < -0.39 is 12.1 Å². The number of piperazine rings is 1. The molecule has 194 valence electrons. The van der Waals surface area contributed by atoms with Gasteiger partial charge in [-0.05, 0) is 50.7 Å². The highest BCUT2D eigenvalue weighted by Crippen LogP contribution is 2.33. The van der Waals surface area contributed by atoms with Crippen molar-refractivity contribution in [3.8, 4) is 5.75 Å². The molecule has 35 heavy (non-hydrogen) atoms. The lowest BCUT2D eigenvalue weighted by molar-refractivity contribution is -0.141. The Morgan fingerprint density at radius 1 is 1.00 bits per heavy atom. The van der Waals surface area contributed by atoms with Crippen LogP contribution in [0.3, 0.4) is 0 Å². The number of amides is 2. The Morgan fingerprint density at radius 2 is 1.69 bits per heavy atom. The smallest absolute Gasteiger partial charge is 0.247 e. The second-order valence-electron chi connectivity index (χ2n) is 10.4. The largest absolute Gasteiger partial charge is 0.488 e. The van der Waals surface area contributed by atoms with Crippen LogP contribution in [0.4, 0.5) is 5.69 Å². The molecule has 0 bridgehead atoms. The zero-order valence-corrected chi connectivity index (χ0v) is 21.4. The number of carbonyl (C=O) groups is 2. The third-order valence-corrected chi connectivity index (χ3v) is 7.72. The molecule has 4 aliphatic rings. The quantitative estimate of drug-likeness (QED) is 0.496. The first-order valence-electron chi connectivity index (χ1n) is 13.0. The van der Waals surface area contributed by atoms with Crippen LogP contribution in [0.15, 0.2) is 24.3 Å². The lowest BCUT2D eigenvalue weighted by Crippen LogP contribution is -2.51. The molecule has 3 unspecified atom stereocenters. The van der Waals surface area contributed by atoms with E-state index in [9.17, 15) is 14.7 Å². The number of likely N-dealkylation sites (tertiary alicyclic amines) is 1. The molecule has 2 aliphatic heterocycles. The number of benzene rings is 1. The SMILES string of the molecule is CC1C(=O)N(CC(O)CN2CCN(c3ccccc3OC3CCCC3)CC2)C(=O)C1NC1CC1.Cl. The lowest BCUT2D eigenvalue weighted by atomic mass is 10.1. The van der Waals surface area contributed by atoms with Crippen molar-refractivity contribution in [3.63, 3.8) is 0 Å². The third kappa shape index (κ3) is 6.10. The van der Waals surface area contributed by atoms with Gasteiger partial charge in [-0.25, -0.2) is 0 Å². The van der Waals surface area contributed by atoms with E-state index in [0.29, 0.717) is 18.7 Å². The van der Waals surface area contributed by atoms with Gasteiger partial charge in [-0.2, -0.15) is 0 Å². The molecule has 2 N–H and O–H groups in total. The van der Waals surface area contributed by atoms with Gasteiger partial charge in [0, 0.05) is 38.8 Å². The lowest BCUT2D eigenvalue weighted by Gasteiger charge is -2.38. The van der Waals surface area contributed by atoms with Crippen molar-refractivity contribution in [2.75, 3.05) is 44.2 Å². The fourth-order valence-corrected chi connectivity index (χ4v) is 5.52. The predicted molar refractivity (Wildman–Crippen MR) is 137 cm³/mol. The second-order valence-corrected chi connectivity index (χ2v) is 10.4. The third-order valence-electron chi connectivity index (χ3n) is 7.72. The Labute approximate surface area is 214 Å². The Balaban J connectivity index is 0.00000289. The molecule has 2 saturated heterocycles. The van der Waals surface area contributed by atoms with E-state index in [1.54, 1.807) is 6.92 Å².